The number of amides is 1. The second-order valence-electron chi connectivity index (χ2n) is 9.11. The van der Waals surface area contributed by atoms with E-state index in [0.717, 1.165) is 12.8 Å². The largest absolute Gasteiger partial charge is 0.288 e. The van der Waals surface area contributed by atoms with Crippen molar-refractivity contribution in [1.29, 1.82) is 0 Å². The molecule has 1 fully saturated rings. The Hall–Kier alpha value is -0.620. The van der Waals surface area contributed by atoms with Crippen LogP contribution in [0.15, 0.2) is 0 Å². The summed E-state index contributed by atoms with van der Waals surface area (Å²) in [4.78, 5) is 12.4. The van der Waals surface area contributed by atoms with Crippen molar-refractivity contribution in [3.63, 3.8) is 0 Å². The zero-order valence-electron chi connectivity index (χ0n) is 17.6. The lowest BCUT2D eigenvalue weighted by atomic mass is 9.98. The first kappa shape index (κ1) is 23.4. The molecular weight excluding hydrogens is 348 g/mol. The van der Waals surface area contributed by atoms with Crippen LogP contribution in [0.25, 0.3) is 0 Å². The third-order valence-corrected chi connectivity index (χ3v) is 7.39. The molecule has 0 atom stereocenters. The highest BCUT2D eigenvalue weighted by Gasteiger charge is 2.48. The van der Waals surface area contributed by atoms with Gasteiger partial charge in [-0.05, 0) is 34.1 Å². The summed E-state index contributed by atoms with van der Waals surface area (Å²) >= 11 is 0. The molecule has 154 valence electrons. The van der Waals surface area contributed by atoms with Crippen molar-refractivity contribution in [3.8, 4) is 0 Å². The van der Waals surface area contributed by atoms with Crippen LogP contribution in [-0.4, -0.2) is 41.9 Å². The van der Waals surface area contributed by atoms with Gasteiger partial charge >= 0.3 is 0 Å². The predicted octanol–water partition coefficient (Wildman–Crippen LogP) is 4.23. The van der Waals surface area contributed by atoms with E-state index in [1.165, 1.54) is 44.9 Å². The Morgan fingerprint density at radius 3 is 1.73 bits per heavy atom. The standard InChI is InChI=1S/C20H40N2O3S/c1-6-7-8-9-10-11-12-13-14-15-18(23)21-22-19(2,3)16-26(24,25)17-20(22,4)5/h6-17H2,1-5H3,(H,21,23). The van der Waals surface area contributed by atoms with Crippen molar-refractivity contribution >= 4 is 15.7 Å². The third kappa shape index (κ3) is 7.95. The van der Waals surface area contributed by atoms with Gasteiger partial charge in [0, 0.05) is 17.5 Å². The molecule has 1 amide bonds. The van der Waals surface area contributed by atoms with Crippen molar-refractivity contribution in [3.05, 3.63) is 0 Å². The Balaban J connectivity index is 2.32. The van der Waals surface area contributed by atoms with Gasteiger partial charge in [0.25, 0.3) is 0 Å². The zero-order valence-corrected chi connectivity index (χ0v) is 18.4. The van der Waals surface area contributed by atoms with Crippen molar-refractivity contribution in [2.45, 2.75) is 110 Å². The van der Waals surface area contributed by atoms with Gasteiger partial charge in [0.05, 0.1) is 11.5 Å². The van der Waals surface area contributed by atoms with E-state index < -0.39 is 20.9 Å². The molecule has 0 spiro atoms. The van der Waals surface area contributed by atoms with Gasteiger partial charge in [-0.1, -0.05) is 58.3 Å². The summed E-state index contributed by atoms with van der Waals surface area (Å²) in [5, 5.41) is 1.86. The summed E-state index contributed by atoms with van der Waals surface area (Å²) in [6, 6.07) is 0. The van der Waals surface area contributed by atoms with Gasteiger partial charge in [-0.3, -0.25) is 10.2 Å². The van der Waals surface area contributed by atoms with Crippen LogP contribution in [0.2, 0.25) is 0 Å². The molecule has 1 rings (SSSR count). The molecule has 1 N–H and O–H groups in total. The quantitative estimate of drug-likeness (QED) is 0.538. The topological polar surface area (TPSA) is 66.5 Å². The van der Waals surface area contributed by atoms with Crippen molar-refractivity contribution in [2.24, 2.45) is 0 Å². The second-order valence-corrected chi connectivity index (χ2v) is 11.2. The minimum Gasteiger partial charge on any atom is -0.288 e. The summed E-state index contributed by atoms with van der Waals surface area (Å²) in [6.45, 7) is 9.75. The molecule has 0 aliphatic carbocycles. The van der Waals surface area contributed by atoms with Crippen LogP contribution in [0.1, 0.15) is 98.8 Å². The molecule has 0 aromatic rings. The molecule has 1 heterocycles. The highest BCUT2D eigenvalue weighted by molar-refractivity contribution is 7.91. The Kier molecular flexibility index (Phi) is 9.07. The van der Waals surface area contributed by atoms with E-state index in [4.69, 9.17) is 0 Å². The van der Waals surface area contributed by atoms with Gasteiger partial charge in [0.2, 0.25) is 5.91 Å². The molecule has 1 aliphatic heterocycles. The van der Waals surface area contributed by atoms with E-state index in [2.05, 4.69) is 12.3 Å². The average Bonchev–Trinajstić information content (AvgIpc) is 2.47. The van der Waals surface area contributed by atoms with E-state index in [0.29, 0.717) is 6.42 Å². The number of nitrogens with one attached hydrogen (secondary N) is 1. The smallest absolute Gasteiger partial charge is 0.234 e. The van der Waals surface area contributed by atoms with Gasteiger partial charge in [-0.25, -0.2) is 13.4 Å². The third-order valence-electron chi connectivity index (χ3n) is 5.10. The van der Waals surface area contributed by atoms with Crippen LogP contribution >= 0.6 is 0 Å². The normalized spacial score (nSPS) is 21.4. The van der Waals surface area contributed by atoms with Gasteiger partial charge < -0.3 is 0 Å². The molecule has 0 aromatic carbocycles. The maximum Gasteiger partial charge on any atom is 0.234 e. The number of hydrazine groups is 1. The Labute approximate surface area is 161 Å². The summed E-state index contributed by atoms with van der Waals surface area (Å²) < 4.78 is 24.3. The lowest BCUT2D eigenvalue weighted by Gasteiger charge is -2.51. The molecule has 0 aromatic heterocycles. The second kappa shape index (κ2) is 10.1. The number of sulfone groups is 1. The minimum atomic E-state index is -3.10. The summed E-state index contributed by atoms with van der Waals surface area (Å²) in [7, 11) is -3.10. The highest BCUT2D eigenvalue weighted by Crippen LogP contribution is 2.31. The summed E-state index contributed by atoms with van der Waals surface area (Å²) in [5.74, 6) is 0.136. The number of carbonyl (C=O) groups excluding carboxylic acids is 1. The maximum absolute atomic E-state index is 12.4. The number of carbonyl (C=O) groups is 1. The Bertz CT molecular complexity index is 517. The Morgan fingerprint density at radius 1 is 0.846 bits per heavy atom. The molecule has 0 radical (unpaired) electrons. The van der Waals surface area contributed by atoms with Gasteiger partial charge in [0.15, 0.2) is 9.84 Å². The molecule has 6 heteroatoms. The first-order valence-electron chi connectivity index (χ1n) is 10.3. The maximum atomic E-state index is 12.4. The average molecular weight is 389 g/mol. The number of nitrogens with zero attached hydrogens (tertiary/aromatic N) is 1. The van der Waals surface area contributed by atoms with E-state index in [-0.39, 0.29) is 17.4 Å². The molecule has 0 bridgehead atoms. The fourth-order valence-electron chi connectivity index (χ4n) is 4.16. The van der Waals surface area contributed by atoms with Crippen LogP contribution in [0.3, 0.4) is 0 Å². The minimum absolute atomic E-state index is 0.00612. The first-order valence-corrected chi connectivity index (χ1v) is 12.1. The number of hydrogen-bond donors (Lipinski definition) is 1. The van der Waals surface area contributed by atoms with Crippen molar-refractivity contribution in [2.75, 3.05) is 11.5 Å². The fourth-order valence-corrected chi connectivity index (χ4v) is 6.67. The van der Waals surface area contributed by atoms with E-state index >= 15 is 0 Å². The monoisotopic (exact) mass is 388 g/mol. The van der Waals surface area contributed by atoms with E-state index in [9.17, 15) is 13.2 Å². The van der Waals surface area contributed by atoms with Gasteiger partial charge in [0.1, 0.15) is 0 Å². The lowest BCUT2D eigenvalue weighted by molar-refractivity contribution is -0.133. The highest BCUT2D eigenvalue weighted by atomic mass is 32.2. The number of hydrogen-bond acceptors (Lipinski definition) is 4. The van der Waals surface area contributed by atoms with Crippen molar-refractivity contribution in [1.82, 2.24) is 10.4 Å². The van der Waals surface area contributed by atoms with Crippen LogP contribution in [0.4, 0.5) is 0 Å². The lowest BCUT2D eigenvalue weighted by Crippen LogP contribution is -2.70. The van der Waals surface area contributed by atoms with Gasteiger partial charge in [-0.2, -0.15) is 0 Å². The fraction of sp³-hybridized carbons (Fsp3) is 0.950. The molecule has 26 heavy (non-hydrogen) atoms. The van der Waals surface area contributed by atoms with Crippen LogP contribution in [0.5, 0.6) is 0 Å². The molecule has 1 saturated heterocycles. The summed E-state index contributed by atoms with van der Waals surface area (Å²) in [5.41, 5.74) is 1.79. The molecule has 5 nitrogen and oxygen atoms in total. The predicted molar refractivity (Wildman–Crippen MR) is 109 cm³/mol. The SMILES string of the molecule is CCCCCCCCCCCC(=O)NN1C(C)(C)CS(=O)(=O)CC1(C)C. The zero-order chi connectivity index (χ0) is 19.8. The van der Waals surface area contributed by atoms with Gasteiger partial charge in [-0.15, -0.1) is 0 Å². The summed E-state index contributed by atoms with van der Waals surface area (Å²) in [6.07, 6.45) is 11.5. The van der Waals surface area contributed by atoms with Crippen molar-refractivity contribution < 1.29 is 13.2 Å². The molecule has 1 aliphatic rings. The first-order chi connectivity index (χ1) is 12.0. The Morgan fingerprint density at radius 2 is 1.27 bits per heavy atom. The van der Waals surface area contributed by atoms with Crippen LogP contribution < -0.4 is 5.43 Å². The number of unbranched alkanes of at least 4 members (excludes halogenated alkanes) is 8. The van der Waals surface area contributed by atoms with E-state index in [1.807, 2.05) is 32.7 Å². The molecule has 0 unspecified atom stereocenters. The molecule has 0 saturated carbocycles. The number of rotatable bonds is 11. The van der Waals surface area contributed by atoms with E-state index in [1.54, 1.807) is 0 Å². The van der Waals surface area contributed by atoms with Crippen LogP contribution in [-0.2, 0) is 14.6 Å². The van der Waals surface area contributed by atoms with Crippen LogP contribution in [0, 0.1) is 0 Å². The molecular formula is C20H40N2O3S.